The van der Waals surface area contributed by atoms with Crippen molar-refractivity contribution in [1.82, 2.24) is 9.62 Å². The third-order valence-electron chi connectivity index (χ3n) is 5.10. The van der Waals surface area contributed by atoms with Crippen LogP contribution in [0.2, 0.25) is 5.02 Å². The Balaban J connectivity index is 1.31. The molecule has 1 saturated heterocycles. The summed E-state index contributed by atoms with van der Waals surface area (Å²) >= 11 is 7.57. The van der Waals surface area contributed by atoms with Gasteiger partial charge in [-0.1, -0.05) is 18.0 Å². The minimum atomic E-state index is -3.43. The van der Waals surface area contributed by atoms with Gasteiger partial charge in [0.2, 0.25) is 15.9 Å². The number of halogens is 1. The zero-order valence-corrected chi connectivity index (χ0v) is 20.4. The number of sulfonamides is 1. The van der Waals surface area contributed by atoms with Crippen molar-refractivity contribution in [1.29, 1.82) is 0 Å². The summed E-state index contributed by atoms with van der Waals surface area (Å²) < 4.78 is 32.5. The van der Waals surface area contributed by atoms with E-state index in [0.29, 0.717) is 38.4 Å². The molecule has 0 unspecified atom stereocenters. The number of hydrogen-bond acceptors (Lipinski definition) is 5. The van der Waals surface area contributed by atoms with Crippen molar-refractivity contribution in [3.05, 3.63) is 53.6 Å². The summed E-state index contributed by atoms with van der Waals surface area (Å²) in [6, 6.07) is 14.1. The molecule has 2 aromatic rings. The SMILES string of the molecule is O=C(CCCSc1ccc(Cl)cc1)NCCOc1ccc(S(=O)(=O)N2CCCCC2)cc1. The largest absolute Gasteiger partial charge is 0.492 e. The number of thioether (sulfide) groups is 1. The highest BCUT2D eigenvalue weighted by Gasteiger charge is 2.25. The fraction of sp³-hybridized carbons (Fsp3) is 0.435. The van der Waals surface area contributed by atoms with E-state index in [1.165, 1.54) is 0 Å². The van der Waals surface area contributed by atoms with Crippen molar-refractivity contribution < 1.29 is 17.9 Å². The van der Waals surface area contributed by atoms with E-state index in [1.54, 1.807) is 40.3 Å². The van der Waals surface area contributed by atoms with E-state index in [9.17, 15) is 13.2 Å². The van der Waals surface area contributed by atoms with Crippen LogP contribution in [0.4, 0.5) is 0 Å². The highest BCUT2D eigenvalue weighted by atomic mass is 35.5. The monoisotopic (exact) mass is 496 g/mol. The van der Waals surface area contributed by atoms with Gasteiger partial charge in [0.25, 0.3) is 0 Å². The van der Waals surface area contributed by atoms with Crippen molar-refractivity contribution in [2.45, 2.75) is 41.9 Å². The molecule has 9 heteroatoms. The first-order valence-corrected chi connectivity index (χ1v) is 13.6. The molecule has 174 valence electrons. The summed E-state index contributed by atoms with van der Waals surface area (Å²) in [5.41, 5.74) is 0. The number of hydrogen-bond donors (Lipinski definition) is 1. The predicted octanol–water partition coefficient (Wildman–Crippen LogP) is 4.58. The lowest BCUT2D eigenvalue weighted by Crippen LogP contribution is -2.35. The molecule has 0 bridgehead atoms. The van der Waals surface area contributed by atoms with Crippen molar-refractivity contribution in [3.63, 3.8) is 0 Å². The highest BCUT2D eigenvalue weighted by molar-refractivity contribution is 7.99. The fourth-order valence-electron chi connectivity index (χ4n) is 3.36. The van der Waals surface area contributed by atoms with Gasteiger partial charge >= 0.3 is 0 Å². The van der Waals surface area contributed by atoms with Crippen molar-refractivity contribution >= 4 is 39.3 Å². The van der Waals surface area contributed by atoms with E-state index in [4.69, 9.17) is 16.3 Å². The minimum Gasteiger partial charge on any atom is -0.492 e. The molecule has 0 aromatic heterocycles. The number of benzene rings is 2. The topological polar surface area (TPSA) is 75.7 Å². The zero-order valence-electron chi connectivity index (χ0n) is 18.0. The van der Waals surface area contributed by atoms with Crippen LogP contribution in [0.3, 0.4) is 0 Å². The van der Waals surface area contributed by atoms with Crippen LogP contribution in [-0.4, -0.2) is 50.6 Å². The number of nitrogens with zero attached hydrogens (tertiary/aromatic N) is 1. The molecular weight excluding hydrogens is 468 g/mol. The average Bonchev–Trinajstić information content (AvgIpc) is 2.81. The predicted molar refractivity (Wildman–Crippen MR) is 129 cm³/mol. The second-order valence-corrected chi connectivity index (χ2v) is 11.1. The van der Waals surface area contributed by atoms with E-state index >= 15 is 0 Å². The molecule has 0 atom stereocenters. The molecule has 1 fully saturated rings. The Bertz CT molecular complexity index is 960. The van der Waals surface area contributed by atoms with Gasteiger partial charge in [0.15, 0.2) is 0 Å². The van der Waals surface area contributed by atoms with Crippen LogP contribution in [0.15, 0.2) is 58.3 Å². The van der Waals surface area contributed by atoms with Crippen LogP contribution in [0, 0.1) is 0 Å². The van der Waals surface area contributed by atoms with Gasteiger partial charge in [0.05, 0.1) is 11.4 Å². The molecule has 0 aliphatic carbocycles. The molecule has 1 amide bonds. The summed E-state index contributed by atoms with van der Waals surface area (Å²) in [7, 11) is -3.43. The first-order valence-electron chi connectivity index (χ1n) is 10.8. The van der Waals surface area contributed by atoms with E-state index < -0.39 is 10.0 Å². The Morgan fingerprint density at radius 3 is 2.41 bits per heavy atom. The number of ether oxygens (including phenoxy) is 1. The second kappa shape index (κ2) is 12.5. The number of carbonyl (C=O) groups is 1. The Hall–Kier alpha value is -1.74. The van der Waals surface area contributed by atoms with Crippen molar-refractivity contribution in [2.75, 3.05) is 32.0 Å². The van der Waals surface area contributed by atoms with Crippen LogP contribution in [0.1, 0.15) is 32.1 Å². The molecule has 1 aliphatic heterocycles. The van der Waals surface area contributed by atoms with E-state index in [1.807, 2.05) is 24.3 Å². The molecule has 32 heavy (non-hydrogen) atoms. The quantitative estimate of drug-likeness (QED) is 0.364. The average molecular weight is 497 g/mol. The Morgan fingerprint density at radius 1 is 1.03 bits per heavy atom. The van der Waals surface area contributed by atoms with Gasteiger partial charge in [-0.15, -0.1) is 11.8 Å². The molecule has 0 spiro atoms. The van der Waals surface area contributed by atoms with Gasteiger partial charge in [0, 0.05) is 29.4 Å². The van der Waals surface area contributed by atoms with Gasteiger partial charge in [-0.05, 0) is 73.5 Å². The number of rotatable bonds is 11. The number of carbonyl (C=O) groups excluding carboxylic acids is 1. The summed E-state index contributed by atoms with van der Waals surface area (Å²) in [5, 5.41) is 3.56. The first-order chi connectivity index (χ1) is 15.4. The minimum absolute atomic E-state index is 0.00622. The maximum absolute atomic E-state index is 12.7. The summed E-state index contributed by atoms with van der Waals surface area (Å²) in [6.45, 7) is 1.89. The van der Waals surface area contributed by atoms with Gasteiger partial charge < -0.3 is 10.1 Å². The number of amides is 1. The molecular formula is C23H29ClN2O4S2. The lowest BCUT2D eigenvalue weighted by Gasteiger charge is -2.25. The van der Waals surface area contributed by atoms with Gasteiger partial charge in [-0.25, -0.2) is 8.42 Å². The molecule has 2 aromatic carbocycles. The van der Waals surface area contributed by atoms with Crippen LogP contribution in [-0.2, 0) is 14.8 Å². The van der Waals surface area contributed by atoms with Gasteiger partial charge in [-0.3, -0.25) is 4.79 Å². The van der Waals surface area contributed by atoms with E-state index in [-0.39, 0.29) is 10.8 Å². The lowest BCUT2D eigenvalue weighted by atomic mass is 10.2. The number of nitrogens with one attached hydrogen (secondary N) is 1. The summed E-state index contributed by atoms with van der Waals surface area (Å²) in [5.74, 6) is 1.43. The van der Waals surface area contributed by atoms with Crippen LogP contribution in [0.25, 0.3) is 0 Å². The second-order valence-electron chi connectivity index (χ2n) is 7.54. The molecule has 0 radical (unpaired) electrons. The summed E-state index contributed by atoms with van der Waals surface area (Å²) in [6.07, 6.45) is 4.15. The molecule has 6 nitrogen and oxygen atoms in total. The normalized spacial score (nSPS) is 14.8. The Kier molecular flexibility index (Phi) is 9.71. The highest BCUT2D eigenvalue weighted by Crippen LogP contribution is 2.23. The molecule has 1 N–H and O–H groups in total. The fourth-order valence-corrected chi connectivity index (χ4v) is 5.86. The Labute approximate surface area is 199 Å². The molecule has 3 rings (SSSR count). The van der Waals surface area contributed by atoms with Crippen LogP contribution >= 0.6 is 23.4 Å². The third-order valence-corrected chi connectivity index (χ3v) is 8.36. The van der Waals surface area contributed by atoms with Crippen LogP contribution in [0.5, 0.6) is 5.75 Å². The van der Waals surface area contributed by atoms with Crippen molar-refractivity contribution in [2.24, 2.45) is 0 Å². The van der Waals surface area contributed by atoms with E-state index in [2.05, 4.69) is 5.32 Å². The summed E-state index contributed by atoms with van der Waals surface area (Å²) in [4.78, 5) is 13.4. The molecule has 1 heterocycles. The first kappa shape index (κ1) is 24.9. The lowest BCUT2D eigenvalue weighted by molar-refractivity contribution is -0.121. The van der Waals surface area contributed by atoms with Gasteiger partial charge in [0.1, 0.15) is 12.4 Å². The maximum Gasteiger partial charge on any atom is 0.243 e. The van der Waals surface area contributed by atoms with E-state index in [0.717, 1.165) is 41.4 Å². The smallest absolute Gasteiger partial charge is 0.243 e. The van der Waals surface area contributed by atoms with Crippen LogP contribution < -0.4 is 10.1 Å². The standard InChI is InChI=1S/C23H29ClN2O4S2/c24-19-6-10-21(11-7-19)31-18-4-5-23(27)25-14-17-30-20-8-12-22(13-9-20)32(28,29)26-15-2-1-3-16-26/h6-13H,1-5,14-18H2,(H,25,27). The maximum atomic E-state index is 12.7. The number of piperidine rings is 1. The molecule has 0 saturated carbocycles. The van der Waals surface area contributed by atoms with Gasteiger partial charge in [-0.2, -0.15) is 4.31 Å². The van der Waals surface area contributed by atoms with Crippen molar-refractivity contribution in [3.8, 4) is 5.75 Å². The third kappa shape index (κ3) is 7.69. The Morgan fingerprint density at radius 2 is 1.72 bits per heavy atom. The molecule has 1 aliphatic rings. The zero-order chi connectivity index (χ0) is 22.8.